The summed E-state index contributed by atoms with van der Waals surface area (Å²) in [6.07, 6.45) is 2.32. The first-order chi connectivity index (χ1) is 17.5. The number of benzene rings is 2. The molecule has 10 heteroatoms. The number of hydrogen-bond donors (Lipinski definition) is 1. The number of nitrogens with zero attached hydrogens (tertiary/aromatic N) is 2. The summed E-state index contributed by atoms with van der Waals surface area (Å²) in [7, 11) is -2.20. The summed E-state index contributed by atoms with van der Waals surface area (Å²) < 4.78 is 45.2. The van der Waals surface area contributed by atoms with Crippen LogP contribution in [0.4, 0.5) is 10.1 Å². The highest BCUT2D eigenvalue weighted by Gasteiger charge is 2.29. The van der Waals surface area contributed by atoms with Crippen LogP contribution in [0.2, 0.25) is 0 Å². The van der Waals surface area contributed by atoms with Gasteiger partial charge in [-0.25, -0.2) is 12.8 Å². The second-order valence-corrected chi connectivity index (χ2v) is 10.9. The van der Waals surface area contributed by atoms with E-state index in [4.69, 9.17) is 4.74 Å². The van der Waals surface area contributed by atoms with E-state index in [1.54, 1.807) is 25.3 Å². The van der Waals surface area contributed by atoms with Gasteiger partial charge in [-0.05, 0) is 56.0 Å². The maximum Gasteiger partial charge on any atom is 0.243 e. The second-order valence-electron chi connectivity index (χ2n) is 9.00. The van der Waals surface area contributed by atoms with Crippen molar-refractivity contribution < 1.29 is 27.1 Å². The number of methoxy groups -OCH3 is 1. The Kier molecular flexibility index (Phi) is 11.4. The van der Waals surface area contributed by atoms with Gasteiger partial charge in [0.2, 0.25) is 21.8 Å². The summed E-state index contributed by atoms with van der Waals surface area (Å²) in [6.45, 7) is 5.85. The summed E-state index contributed by atoms with van der Waals surface area (Å²) in [4.78, 5) is 28.0. The summed E-state index contributed by atoms with van der Waals surface area (Å²) in [6, 6.07) is 12.1. The van der Waals surface area contributed by atoms with Gasteiger partial charge in [-0.3, -0.25) is 13.9 Å². The molecule has 0 fully saturated rings. The number of ether oxygens (including phenoxy) is 1. The molecule has 204 valence electrons. The Morgan fingerprint density at radius 1 is 1.05 bits per heavy atom. The van der Waals surface area contributed by atoms with Crippen LogP contribution in [0.5, 0.6) is 5.75 Å². The van der Waals surface area contributed by atoms with Crippen molar-refractivity contribution >= 4 is 27.5 Å². The molecule has 2 aromatic carbocycles. The Bertz CT molecular complexity index is 1140. The quantitative estimate of drug-likeness (QED) is 0.393. The van der Waals surface area contributed by atoms with Crippen LogP contribution in [0.1, 0.15) is 52.0 Å². The minimum absolute atomic E-state index is 0.0102. The average Bonchev–Trinajstić information content (AvgIpc) is 2.86. The topological polar surface area (TPSA) is 96.0 Å². The van der Waals surface area contributed by atoms with Crippen LogP contribution >= 0.6 is 0 Å². The molecule has 0 aliphatic rings. The van der Waals surface area contributed by atoms with Gasteiger partial charge < -0.3 is 15.0 Å². The number of anilines is 1. The second kappa shape index (κ2) is 14.0. The summed E-state index contributed by atoms with van der Waals surface area (Å²) in [5.41, 5.74) is 0.764. The van der Waals surface area contributed by atoms with E-state index in [1.165, 1.54) is 23.1 Å². The third-order valence-corrected chi connectivity index (χ3v) is 7.35. The monoisotopic (exact) mass is 535 g/mol. The Morgan fingerprint density at radius 2 is 1.70 bits per heavy atom. The molecule has 1 N–H and O–H groups in total. The zero-order valence-electron chi connectivity index (χ0n) is 22.2. The van der Waals surface area contributed by atoms with E-state index in [9.17, 15) is 22.4 Å². The number of para-hydroxylation sites is 1. The zero-order chi connectivity index (χ0) is 27.6. The molecule has 0 spiro atoms. The average molecular weight is 536 g/mol. The highest BCUT2D eigenvalue weighted by molar-refractivity contribution is 7.92. The van der Waals surface area contributed by atoms with Gasteiger partial charge in [0.1, 0.15) is 17.6 Å². The molecule has 2 aromatic rings. The van der Waals surface area contributed by atoms with Crippen molar-refractivity contribution in [3.8, 4) is 5.75 Å². The normalized spacial score (nSPS) is 12.9. The van der Waals surface area contributed by atoms with Gasteiger partial charge in [0, 0.05) is 25.6 Å². The molecule has 0 saturated heterocycles. The number of halogens is 1. The highest BCUT2D eigenvalue weighted by atomic mass is 32.2. The van der Waals surface area contributed by atoms with Crippen LogP contribution in [0.15, 0.2) is 48.5 Å². The molecule has 2 rings (SSSR count). The smallest absolute Gasteiger partial charge is 0.243 e. The molecular weight excluding hydrogens is 497 g/mol. The lowest BCUT2D eigenvalue weighted by Crippen LogP contribution is -2.50. The van der Waals surface area contributed by atoms with Crippen LogP contribution < -0.4 is 14.4 Å². The number of amides is 2. The zero-order valence-corrected chi connectivity index (χ0v) is 23.1. The van der Waals surface area contributed by atoms with Gasteiger partial charge in [-0.15, -0.1) is 0 Å². The van der Waals surface area contributed by atoms with Crippen molar-refractivity contribution in [3.05, 3.63) is 59.9 Å². The van der Waals surface area contributed by atoms with Crippen LogP contribution in [0.3, 0.4) is 0 Å². The molecule has 8 nitrogen and oxygen atoms in total. The maximum atomic E-state index is 14.3. The van der Waals surface area contributed by atoms with E-state index in [0.717, 1.165) is 22.5 Å². The fourth-order valence-electron chi connectivity index (χ4n) is 3.92. The standard InChI is InChI=1S/C27H38FN3O5S/c1-6-20(3)29-27(33)24(7-2)30(19-21-14-16-22(36-4)17-15-21)26(32)13-10-18-31(37(5,34)35)25-12-9-8-11-23(25)28/h8-9,11-12,14-17,20,24H,6-7,10,13,18-19H2,1-5H3,(H,29,33)/t20-,24-/m1/s1. The first-order valence-corrected chi connectivity index (χ1v) is 14.3. The number of carbonyl (C=O) groups is 2. The van der Waals surface area contributed by atoms with Crippen molar-refractivity contribution in [2.45, 2.75) is 65.1 Å². The predicted molar refractivity (Wildman–Crippen MR) is 143 cm³/mol. The minimum Gasteiger partial charge on any atom is -0.497 e. The molecule has 0 bridgehead atoms. The molecule has 0 aliphatic heterocycles. The summed E-state index contributed by atoms with van der Waals surface area (Å²) in [5, 5.41) is 2.96. The molecule has 2 atom stereocenters. The van der Waals surface area contributed by atoms with E-state index in [1.807, 2.05) is 32.9 Å². The van der Waals surface area contributed by atoms with Crippen LogP contribution in [-0.4, -0.2) is 57.1 Å². The van der Waals surface area contributed by atoms with Crippen LogP contribution in [-0.2, 0) is 26.2 Å². The van der Waals surface area contributed by atoms with Gasteiger partial charge >= 0.3 is 0 Å². The van der Waals surface area contributed by atoms with Gasteiger partial charge in [0.15, 0.2) is 0 Å². The Hall–Kier alpha value is -3.14. The predicted octanol–water partition coefficient (Wildman–Crippen LogP) is 4.10. The van der Waals surface area contributed by atoms with Gasteiger partial charge in [-0.2, -0.15) is 0 Å². The summed E-state index contributed by atoms with van der Waals surface area (Å²) in [5.74, 6) is -0.503. The molecule has 2 amide bonds. The van der Waals surface area contributed by atoms with Gasteiger partial charge in [0.05, 0.1) is 19.1 Å². The van der Waals surface area contributed by atoms with E-state index < -0.39 is 21.9 Å². The first kappa shape index (κ1) is 30.1. The van der Waals surface area contributed by atoms with E-state index >= 15 is 0 Å². The Morgan fingerprint density at radius 3 is 2.24 bits per heavy atom. The number of rotatable bonds is 14. The summed E-state index contributed by atoms with van der Waals surface area (Å²) >= 11 is 0. The lowest BCUT2D eigenvalue weighted by molar-refractivity contribution is -0.141. The lowest BCUT2D eigenvalue weighted by atomic mass is 10.1. The molecule has 37 heavy (non-hydrogen) atoms. The van der Waals surface area contributed by atoms with E-state index in [-0.39, 0.29) is 49.5 Å². The van der Waals surface area contributed by atoms with E-state index in [0.29, 0.717) is 12.2 Å². The van der Waals surface area contributed by atoms with Crippen molar-refractivity contribution in [2.75, 3.05) is 24.2 Å². The molecule has 0 unspecified atom stereocenters. The lowest BCUT2D eigenvalue weighted by Gasteiger charge is -2.32. The third kappa shape index (κ3) is 8.73. The van der Waals surface area contributed by atoms with E-state index in [2.05, 4.69) is 5.32 Å². The molecule has 0 radical (unpaired) electrons. The fraction of sp³-hybridized carbons (Fsp3) is 0.481. The first-order valence-electron chi connectivity index (χ1n) is 12.5. The van der Waals surface area contributed by atoms with Gasteiger partial charge in [-0.1, -0.05) is 38.1 Å². The Balaban J connectivity index is 2.24. The molecule has 0 aliphatic carbocycles. The number of sulfonamides is 1. The Labute approximate surface area is 219 Å². The SMILES string of the molecule is CC[C@@H](C)NC(=O)[C@@H](CC)N(Cc1ccc(OC)cc1)C(=O)CCCN(c1ccccc1F)S(C)(=O)=O. The molecular formula is C27H38FN3O5S. The molecule has 0 heterocycles. The number of carbonyl (C=O) groups excluding carboxylic acids is 2. The van der Waals surface area contributed by atoms with Crippen LogP contribution in [0.25, 0.3) is 0 Å². The van der Waals surface area contributed by atoms with Crippen molar-refractivity contribution in [2.24, 2.45) is 0 Å². The highest BCUT2D eigenvalue weighted by Crippen LogP contribution is 2.23. The maximum absolute atomic E-state index is 14.3. The van der Waals surface area contributed by atoms with Crippen molar-refractivity contribution in [3.63, 3.8) is 0 Å². The molecule has 0 aromatic heterocycles. The van der Waals surface area contributed by atoms with Gasteiger partial charge in [0.25, 0.3) is 0 Å². The minimum atomic E-state index is -3.77. The van der Waals surface area contributed by atoms with Crippen LogP contribution in [0, 0.1) is 5.82 Å². The number of hydrogen-bond acceptors (Lipinski definition) is 5. The van der Waals surface area contributed by atoms with Crippen molar-refractivity contribution in [1.29, 1.82) is 0 Å². The third-order valence-electron chi connectivity index (χ3n) is 6.17. The molecule has 0 saturated carbocycles. The number of nitrogens with one attached hydrogen (secondary N) is 1. The fourth-order valence-corrected chi connectivity index (χ4v) is 4.89. The van der Waals surface area contributed by atoms with Crippen molar-refractivity contribution in [1.82, 2.24) is 10.2 Å². The largest absolute Gasteiger partial charge is 0.497 e.